The smallest absolute Gasteiger partial charge is 0.190 e. The third kappa shape index (κ3) is 3.13. The molecule has 0 aliphatic heterocycles. The van der Waals surface area contributed by atoms with E-state index in [1.165, 1.54) is 0 Å². The van der Waals surface area contributed by atoms with Crippen LogP contribution in [0.2, 0.25) is 0 Å². The molecule has 106 valence electrons. The molecule has 2 nitrogen and oxygen atoms in total. The van der Waals surface area contributed by atoms with Crippen LogP contribution in [0, 0.1) is 0 Å². The molecule has 0 saturated heterocycles. The quantitative estimate of drug-likeness (QED) is 0.726. The predicted molar refractivity (Wildman–Crippen MR) is 83.2 cm³/mol. The van der Waals surface area contributed by atoms with Crippen LogP contribution in [0.1, 0.15) is 61.8 Å². The van der Waals surface area contributed by atoms with Gasteiger partial charge in [0.25, 0.3) is 0 Å². The zero-order valence-corrected chi connectivity index (χ0v) is 12.9. The van der Waals surface area contributed by atoms with Crippen molar-refractivity contribution in [3.63, 3.8) is 0 Å². The zero-order valence-electron chi connectivity index (χ0n) is 12.9. The molecule has 0 atom stereocenters. The maximum atomic E-state index is 12.3. The molecule has 0 amide bonds. The molecule has 20 heavy (non-hydrogen) atoms. The Bertz CT molecular complexity index is 585. The maximum Gasteiger partial charge on any atom is 0.190 e. The molecule has 0 unspecified atom stereocenters. The molecule has 1 aromatic rings. The van der Waals surface area contributed by atoms with E-state index in [2.05, 4.69) is 0 Å². The largest absolute Gasteiger partial charge is 0.289 e. The first-order chi connectivity index (χ1) is 9.52. The molecular formula is C18H22O2. The molecule has 1 aromatic carbocycles. The lowest BCUT2D eigenvalue weighted by atomic mass is 9.83. The van der Waals surface area contributed by atoms with E-state index in [0.29, 0.717) is 28.7 Å². The second-order valence-corrected chi connectivity index (χ2v) is 4.79. The number of fused-ring (bicyclic) bond motifs is 1. The van der Waals surface area contributed by atoms with Gasteiger partial charge in [0.05, 0.1) is 0 Å². The third-order valence-electron chi connectivity index (χ3n) is 3.20. The van der Waals surface area contributed by atoms with Crippen LogP contribution in [0.15, 0.2) is 47.1 Å². The van der Waals surface area contributed by atoms with Crippen LogP contribution in [0.5, 0.6) is 0 Å². The van der Waals surface area contributed by atoms with Crippen molar-refractivity contribution < 1.29 is 9.59 Å². The summed E-state index contributed by atoms with van der Waals surface area (Å²) in [6.07, 6.45) is 2.52. The van der Waals surface area contributed by atoms with Crippen LogP contribution < -0.4 is 0 Å². The number of Topliss-reactive ketones (excluding diaryl/α,β-unsaturated/α-hetero) is 2. The van der Waals surface area contributed by atoms with Crippen molar-refractivity contribution in [1.29, 1.82) is 0 Å². The summed E-state index contributed by atoms with van der Waals surface area (Å²) in [6, 6.07) is 7.03. The summed E-state index contributed by atoms with van der Waals surface area (Å²) in [7, 11) is 0. The first kappa shape index (κ1) is 16.1. The van der Waals surface area contributed by atoms with Crippen molar-refractivity contribution in [3.05, 3.63) is 58.2 Å². The van der Waals surface area contributed by atoms with E-state index in [4.69, 9.17) is 0 Å². The Morgan fingerprint density at radius 3 is 2.00 bits per heavy atom. The van der Waals surface area contributed by atoms with Gasteiger partial charge in [-0.05, 0) is 27.2 Å². The highest BCUT2D eigenvalue weighted by Gasteiger charge is 2.28. The van der Waals surface area contributed by atoms with Gasteiger partial charge in [-0.15, -0.1) is 0 Å². The van der Waals surface area contributed by atoms with Gasteiger partial charge in [-0.3, -0.25) is 9.59 Å². The molecular weight excluding hydrogens is 248 g/mol. The number of benzene rings is 1. The van der Waals surface area contributed by atoms with Crippen molar-refractivity contribution >= 4 is 11.6 Å². The molecule has 1 aliphatic rings. The normalized spacial score (nSPS) is 13.4. The average Bonchev–Trinajstić information content (AvgIpc) is 2.47. The topological polar surface area (TPSA) is 34.1 Å². The number of rotatable bonds is 2. The standard InChI is InChI=1S/C16H16O2.C2H6/c1-10(2)8-9-12-11(3)15(17)13-6-4-5-7-14(13)16(12)18;1-2/h4-8H,9H2,1-3H3;1-2H3. The van der Waals surface area contributed by atoms with Gasteiger partial charge < -0.3 is 0 Å². The summed E-state index contributed by atoms with van der Waals surface area (Å²) in [5.41, 5.74) is 3.41. The molecule has 0 radical (unpaired) electrons. The van der Waals surface area contributed by atoms with Crippen LogP contribution in [0.25, 0.3) is 0 Å². The minimum Gasteiger partial charge on any atom is -0.289 e. The van der Waals surface area contributed by atoms with E-state index in [-0.39, 0.29) is 11.6 Å². The lowest BCUT2D eigenvalue weighted by molar-refractivity contribution is 0.0973. The molecule has 0 aromatic heterocycles. The van der Waals surface area contributed by atoms with Gasteiger partial charge >= 0.3 is 0 Å². The van der Waals surface area contributed by atoms with Gasteiger partial charge in [-0.1, -0.05) is 49.8 Å². The highest BCUT2D eigenvalue weighted by molar-refractivity contribution is 6.26. The van der Waals surface area contributed by atoms with Gasteiger partial charge in [-0.25, -0.2) is 0 Å². The Morgan fingerprint density at radius 2 is 1.50 bits per heavy atom. The summed E-state index contributed by atoms with van der Waals surface area (Å²) in [6.45, 7) is 9.71. The second kappa shape index (κ2) is 6.99. The van der Waals surface area contributed by atoms with Crippen molar-refractivity contribution in [2.24, 2.45) is 0 Å². The molecule has 0 spiro atoms. The zero-order chi connectivity index (χ0) is 15.3. The van der Waals surface area contributed by atoms with Crippen molar-refractivity contribution in [2.45, 2.75) is 41.0 Å². The van der Waals surface area contributed by atoms with Crippen LogP contribution in [-0.2, 0) is 0 Å². The lowest BCUT2D eigenvalue weighted by Gasteiger charge is -2.18. The van der Waals surface area contributed by atoms with Gasteiger partial charge in [0.15, 0.2) is 11.6 Å². The van der Waals surface area contributed by atoms with Crippen molar-refractivity contribution in [1.82, 2.24) is 0 Å². The summed E-state index contributed by atoms with van der Waals surface area (Å²) >= 11 is 0. The molecule has 2 rings (SSSR count). The van der Waals surface area contributed by atoms with Crippen molar-refractivity contribution in [3.8, 4) is 0 Å². The van der Waals surface area contributed by atoms with E-state index in [9.17, 15) is 9.59 Å². The number of ketones is 2. The van der Waals surface area contributed by atoms with E-state index in [0.717, 1.165) is 5.57 Å². The number of carbonyl (C=O) groups is 2. The summed E-state index contributed by atoms with van der Waals surface area (Å²) < 4.78 is 0. The monoisotopic (exact) mass is 270 g/mol. The Morgan fingerprint density at radius 1 is 1.00 bits per heavy atom. The van der Waals surface area contributed by atoms with Crippen LogP contribution in [0.3, 0.4) is 0 Å². The minimum atomic E-state index is -0.0256. The first-order valence-corrected chi connectivity index (χ1v) is 7.04. The molecule has 0 fully saturated rings. The Hall–Kier alpha value is -1.96. The average molecular weight is 270 g/mol. The number of hydrogen-bond donors (Lipinski definition) is 0. The van der Waals surface area contributed by atoms with Crippen LogP contribution in [-0.4, -0.2) is 11.6 Å². The van der Waals surface area contributed by atoms with E-state index in [1.807, 2.05) is 33.8 Å². The number of allylic oxidation sites excluding steroid dienone is 4. The fourth-order valence-electron chi connectivity index (χ4n) is 2.10. The summed E-state index contributed by atoms with van der Waals surface area (Å²) in [4.78, 5) is 24.5. The highest BCUT2D eigenvalue weighted by Crippen LogP contribution is 2.28. The number of hydrogen-bond acceptors (Lipinski definition) is 2. The van der Waals surface area contributed by atoms with Gasteiger partial charge in [0.2, 0.25) is 0 Å². The maximum absolute atomic E-state index is 12.3. The molecule has 0 saturated carbocycles. The van der Waals surface area contributed by atoms with E-state index in [1.54, 1.807) is 31.2 Å². The molecule has 1 aliphatic carbocycles. The van der Waals surface area contributed by atoms with Gasteiger partial charge in [-0.2, -0.15) is 0 Å². The Labute approximate surface area is 121 Å². The lowest BCUT2D eigenvalue weighted by Crippen LogP contribution is -2.20. The number of carbonyl (C=O) groups excluding carboxylic acids is 2. The van der Waals surface area contributed by atoms with Crippen LogP contribution in [0.4, 0.5) is 0 Å². The summed E-state index contributed by atoms with van der Waals surface area (Å²) in [5.74, 6) is -0.0393. The fourth-order valence-corrected chi connectivity index (χ4v) is 2.10. The Kier molecular flexibility index (Phi) is 5.63. The Balaban J connectivity index is 0.000000956. The second-order valence-electron chi connectivity index (χ2n) is 4.79. The first-order valence-electron chi connectivity index (χ1n) is 7.04. The highest BCUT2D eigenvalue weighted by atomic mass is 16.1. The predicted octanol–water partition coefficient (Wildman–Crippen LogP) is 4.76. The van der Waals surface area contributed by atoms with Crippen LogP contribution >= 0.6 is 0 Å². The SMILES string of the molecule is CC.CC(C)=CCC1=C(C)C(=O)c2ccccc2C1=O. The minimum absolute atomic E-state index is 0.0137. The van der Waals surface area contributed by atoms with E-state index >= 15 is 0 Å². The third-order valence-corrected chi connectivity index (χ3v) is 3.20. The van der Waals surface area contributed by atoms with E-state index < -0.39 is 0 Å². The molecule has 0 N–H and O–H groups in total. The fraction of sp³-hybridized carbons (Fsp3) is 0.333. The van der Waals surface area contributed by atoms with Crippen molar-refractivity contribution in [2.75, 3.05) is 0 Å². The molecule has 0 bridgehead atoms. The molecule has 2 heteroatoms. The summed E-state index contributed by atoms with van der Waals surface area (Å²) in [5, 5.41) is 0. The molecule has 0 heterocycles. The van der Waals surface area contributed by atoms with Gasteiger partial charge in [0, 0.05) is 22.3 Å². The van der Waals surface area contributed by atoms with Gasteiger partial charge in [0.1, 0.15) is 0 Å².